The third-order valence-corrected chi connectivity index (χ3v) is 4.18. The summed E-state index contributed by atoms with van der Waals surface area (Å²) in [5.74, 6) is 0.322. The van der Waals surface area contributed by atoms with E-state index in [9.17, 15) is 4.79 Å². The molecule has 3 aromatic rings. The van der Waals surface area contributed by atoms with E-state index in [0.717, 1.165) is 23.8 Å². The number of aromatic nitrogens is 2. The topological polar surface area (TPSA) is 68.5 Å². The second-order valence-corrected chi connectivity index (χ2v) is 5.79. The lowest BCUT2D eigenvalue weighted by atomic mass is 10.1. The molecule has 2 aromatic heterocycles. The molecule has 1 aliphatic rings. The maximum Gasteiger partial charge on any atom is 0.316 e. The van der Waals surface area contributed by atoms with Crippen LogP contribution in [0.5, 0.6) is 6.01 Å². The molecular weight excluding hydrogens is 306 g/mol. The first-order chi connectivity index (χ1) is 11.8. The Kier molecular flexibility index (Phi) is 3.86. The molecule has 0 atom stereocenters. The number of nitrogens with zero attached hydrogens (tertiary/aromatic N) is 3. The van der Waals surface area contributed by atoms with Gasteiger partial charge in [0.15, 0.2) is 5.76 Å². The highest BCUT2D eigenvalue weighted by Crippen LogP contribution is 2.22. The third-order valence-electron chi connectivity index (χ3n) is 4.18. The van der Waals surface area contributed by atoms with Gasteiger partial charge in [-0.3, -0.25) is 4.79 Å². The summed E-state index contributed by atoms with van der Waals surface area (Å²) in [5, 5.41) is 0.945. The highest BCUT2D eigenvalue weighted by Gasteiger charge is 2.27. The smallest absolute Gasteiger partial charge is 0.316 e. The van der Waals surface area contributed by atoms with Crippen molar-refractivity contribution < 1.29 is 13.9 Å². The molecule has 1 amide bonds. The number of para-hydroxylation sites is 1. The maximum absolute atomic E-state index is 12.6. The molecule has 0 unspecified atom stereocenters. The maximum atomic E-state index is 12.6. The molecule has 6 heteroatoms. The monoisotopic (exact) mass is 323 g/mol. The fraction of sp³-hybridized carbons (Fsp3) is 0.278. The van der Waals surface area contributed by atoms with Gasteiger partial charge < -0.3 is 14.1 Å². The zero-order chi connectivity index (χ0) is 16.4. The summed E-state index contributed by atoms with van der Waals surface area (Å²) in [7, 11) is 0. The summed E-state index contributed by atoms with van der Waals surface area (Å²) in [6.07, 6.45) is 4.85. The van der Waals surface area contributed by atoms with Gasteiger partial charge in [0.25, 0.3) is 5.91 Å². The van der Waals surface area contributed by atoms with E-state index in [0.29, 0.717) is 24.9 Å². The summed E-state index contributed by atoms with van der Waals surface area (Å²) in [6, 6.07) is 11.6. The number of hydrogen-bond donors (Lipinski definition) is 0. The number of amides is 1. The van der Waals surface area contributed by atoms with Crippen molar-refractivity contribution in [2.24, 2.45) is 0 Å². The molecule has 0 aliphatic carbocycles. The van der Waals surface area contributed by atoms with Gasteiger partial charge in [0.1, 0.15) is 11.7 Å². The summed E-state index contributed by atoms with van der Waals surface area (Å²) in [4.78, 5) is 22.5. The Balaban J connectivity index is 1.39. The van der Waals surface area contributed by atoms with Gasteiger partial charge in [-0.2, -0.15) is 0 Å². The Bertz CT molecular complexity index is 806. The van der Waals surface area contributed by atoms with Gasteiger partial charge >= 0.3 is 6.01 Å². The highest BCUT2D eigenvalue weighted by atomic mass is 16.5. The molecule has 0 saturated carbocycles. The standard InChI is InChI=1S/C18H17N3O3/c22-17(16-12-13-4-1-2-5-15(13)24-16)21-10-6-14(7-11-21)23-18-19-8-3-9-20-18/h1-5,8-9,12,14H,6-7,10-11H2. The van der Waals surface area contributed by atoms with E-state index in [4.69, 9.17) is 9.15 Å². The van der Waals surface area contributed by atoms with Gasteiger partial charge in [-0.05, 0) is 18.2 Å². The van der Waals surface area contributed by atoms with Crippen molar-refractivity contribution in [1.82, 2.24) is 14.9 Å². The summed E-state index contributed by atoms with van der Waals surface area (Å²) in [6.45, 7) is 1.26. The van der Waals surface area contributed by atoms with Gasteiger partial charge in [0, 0.05) is 43.7 Å². The van der Waals surface area contributed by atoms with Gasteiger partial charge in [0.2, 0.25) is 0 Å². The van der Waals surface area contributed by atoms with Gasteiger partial charge in [0.05, 0.1) is 0 Å². The van der Waals surface area contributed by atoms with Crippen molar-refractivity contribution in [3.63, 3.8) is 0 Å². The Morgan fingerprint density at radius 1 is 1.12 bits per heavy atom. The van der Waals surface area contributed by atoms with E-state index in [-0.39, 0.29) is 12.0 Å². The molecule has 4 rings (SSSR count). The number of piperidine rings is 1. The minimum absolute atomic E-state index is 0.0344. The molecule has 24 heavy (non-hydrogen) atoms. The van der Waals surface area contributed by atoms with Crippen LogP contribution in [-0.4, -0.2) is 40.0 Å². The average Bonchev–Trinajstić information content (AvgIpc) is 3.07. The number of hydrogen-bond acceptors (Lipinski definition) is 5. The zero-order valence-electron chi connectivity index (χ0n) is 13.1. The van der Waals surface area contributed by atoms with Crippen LogP contribution in [0.2, 0.25) is 0 Å². The summed E-state index contributed by atoms with van der Waals surface area (Å²) < 4.78 is 11.4. The summed E-state index contributed by atoms with van der Waals surface area (Å²) >= 11 is 0. The van der Waals surface area contributed by atoms with E-state index in [1.54, 1.807) is 24.5 Å². The van der Waals surface area contributed by atoms with Crippen molar-refractivity contribution in [3.05, 3.63) is 54.6 Å². The molecule has 1 fully saturated rings. The van der Waals surface area contributed by atoms with E-state index >= 15 is 0 Å². The van der Waals surface area contributed by atoms with Crippen LogP contribution in [0.1, 0.15) is 23.4 Å². The van der Waals surface area contributed by atoms with Gasteiger partial charge in [-0.25, -0.2) is 9.97 Å². The Morgan fingerprint density at radius 3 is 2.62 bits per heavy atom. The largest absolute Gasteiger partial charge is 0.460 e. The molecule has 6 nitrogen and oxygen atoms in total. The van der Waals surface area contributed by atoms with Crippen LogP contribution in [0.25, 0.3) is 11.0 Å². The number of benzene rings is 1. The predicted molar refractivity (Wildman–Crippen MR) is 87.8 cm³/mol. The van der Waals surface area contributed by atoms with Crippen molar-refractivity contribution in [2.45, 2.75) is 18.9 Å². The van der Waals surface area contributed by atoms with Crippen LogP contribution in [-0.2, 0) is 0 Å². The van der Waals surface area contributed by atoms with Crippen molar-refractivity contribution in [1.29, 1.82) is 0 Å². The lowest BCUT2D eigenvalue weighted by Crippen LogP contribution is -2.41. The number of likely N-dealkylation sites (tertiary alicyclic amines) is 1. The van der Waals surface area contributed by atoms with Crippen LogP contribution < -0.4 is 4.74 Å². The summed E-state index contributed by atoms with van der Waals surface area (Å²) in [5.41, 5.74) is 0.736. The van der Waals surface area contributed by atoms with E-state index in [1.165, 1.54) is 0 Å². The van der Waals surface area contributed by atoms with Crippen LogP contribution in [0.4, 0.5) is 0 Å². The Hall–Kier alpha value is -2.89. The van der Waals surface area contributed by atoms with Crippen molar-refractivity contribution in [3.8, 4) is 6.01 Å². The van der Waals surface area contributed by atoms with Crippen LogP contribution in [0, 0.1) is 0 Å². The van der Waals surface area contributed by atoms with Gasteiger partial charge in [-0.15, -0.1) is 0 Å². The number of ether oxygens (including phenoxy) is 1. The van der Waals surface area contributed by atoms with Crippen molar-refractivity contribution >= 4 is 16.9 Å². The molecule has 0 N–H and O–H groups in total. The quantitative estimate of drug-likeness (QED) is 0.741. The zero-order valence-corrected chi connectivity index (χ0v) is 13.1. The highest BCUT2D eigenvalue weighted by molar-refractivity contribution is 5.96. The third kappa shape index (κ3) is 2.95. The molecule has 1 saturated heterocycles. The lowest BCUT2D eigenvalue weighted by molar-refractivity contribution is 0.0553. The fourth-order valence-corrected chi connectivity index (χ4v) is 2.92. The molecule has 0 radical (unpaired) electrons. The number of fused-ring (bicyclic) bond motifs is 1. The SMILES string of the molecule is O=C(c1cc2ccccc2o1)N1CCC(Oc2ncccn2)CC1. The van der Waals surface area contributed by atoms with E-state index in [1.807, 2.05) is 29.2 Å². The Labute approximate surface area is 139 Å². The van der Waals surface area contributed by atoms with Crippen molar-refractivity contribution in [2.75, 3.05) is 13.1 Å². The molecule has 1 aliphatic heterocycles. The molecular formula is C18H17N3O3. The fourth-order valence-electron chi connectivity index (χ4n) is 2.92. The minimum atomic E-state index is -0.0689. The predicted octanol–water partition coefficient (Wildman–Crippen LogP) is 2.91. The molecule has 3 heterocycles. The first-order valence-corrected chi connectivity index (χ1v) is 8.01. The number of furan rings is 1. The van der Waals surface area contributed by atoms with Gasteiger partial charge in [-0.1, -0.05) is 18.2 Å². The van der Waals surface area contributed by atoms with Crippen LogP contribution in [0.15, 0.2) is 53.2 Å². The minimum Gasteiger partial charge on any atom is -0.460 e. The molecule has 1 aromatic carbocycles. The second kappa shape index (κ2) is 6.31. The number of rotatable bonds is 3. The molecule has 0 spiro atoms. The first-order valence-electron chi connectivity index (χ1n) is 8.01. The second-order valence-electron chi connectivity index (χ2n) is 5.79. The van der Waals surface area contributed by atoms with E-state index < -0.39 is 0 Å². The number of carbonyl (C=O) groups excluding carboxylic acids is 1. The lowest BCUT2D eigenvalue weighted by Gasteiger charge is -2.31. The molecule has 122 valence electrons. The first kappa shape index (κ1) is 14.7. The Morgan fingerprint density at radius 2 is 1.88 bits per heavy atom. The normalized spacial score (nSPS) is 15.6. The van der Waals surface area contributed by atoms with E-state index in [2.05, 4.69) is 9.97 Å². The van der Waals surface area contributed by atoms with Crippen LogP contribution >= 0.6 is 0 Å². The number of carbonyl (C=O) groups is 1. The van der Waals surface area contributed by atoms with Crippen LogP contribution in [0.3, 0.4) is 0 Å². The average molecular weight is 323 g/mol. The molecule has 0 bridgehead atoms.